The van der Waals surface area contributed by atoms with Crippen LogP contribution < -0.4 is 5.17 Å². The third-order valence-electron chi connectivity index (χ3n) is 1.15. The standard InChI is InChI=1S/C5H6N4O/c1-2-6-8-5(1)9-7-3-4-10-9/h1-3H,4H2,(H,6,8). The van der Waals surface area contributed by atoms with E-state index in [9.17, 15) is 0 Å². The molecule has 0 amide bonds. The van der Waals surface area contributed by atoms with Crippen LogP contribution >= 0.6 is 0 Å². The number of hydrogen-bond acceptors (Lipinski definition) is 4. The van der Waals surface area contributed by atoms with E-state index >= 15 is 0 Å². The monoisotopic (exact) mass is 138 g/mol. The van der Waals surface area contributed by atoms with Gasteiger partial charge in [-0.2, -0.15) is 10.2 Å². The van der Waals surface area contributed by atoms with E-state index < -0.39 is 0 Å². The number of hydrogen-bond donors (Lipinski definition) is 1. The lowest BCUT2D eigenvalue weighted by Gasteiger charge is -2.07. The van der Waals surface area contributed by atoms with E-state index in [-0.39, 0.29) is 0 Å². The molecule has 1 aliphatic rings. The SMILES string of the molecule is C1=NN(c2ccn[nH]2)OC1. The topological polar surface area (TPSA) is 53.5 Å². The first-order valence-electron chi connectivity index (χ1n) is 2.92. The van der Waals surface area contributed by atoms with Crippen LogP contribution in [0.15, 0.2) is 17.4 Å². The van der Waals surface area contributed by atoms with Gasteiger partial charge in [0.1, 0.15) is 6.61 Å². The van der Waals surface area contributed by atoms with Crippen LogP contribution in [-0.4, -0.2) is 23.0 Å². The van der Waals surface area contributed by atoms with Crippen molar-refractivity contribution in [3.63, 3.8) is 0 Å². The van der Waals surface area contributed by atoms with E-state index in [0.29, 0.717) is 6.61 Å². The summed E-state index contributed by atoms with van der Waals surface area (Å²) in [5.74, 6) is 0.744. The zero-order chi connectivity index (χ0) is 6.81. The van der Waals surface area contributed by atoms with Crippen molar-refractivity contribution in [1.82, 2.24) is 10.2 Å². The van der Waals surface area contributed by atoms with Crippen molar-refractivity contribution >= 4 is 12.0 Å². The van der Waals surface area contributed by atoms with Crippen LogP contribution in [-0.2, 0) is 4.84 Å². The second-order valence-corrected chi connectivity index (χ2v) is 1.81. The minimum Gasteiger partial charge on any atom is -0.259 e. The fraction of sp³-hybridized carbons (Fsp3) is 0.200. The maximum Gasteiger partial charge on any atom is 0.174 e. The Morgan fingerprint density at radius 3 is 3.30 bits per heavy atom. The predicted octanol–water partition coefficient (Wildman–Crippen LogP) is 0.147. The summed E-state index contributed by atoms with van der Waals surface area (Å²) in [6.07, 6.45) is 3.33. The van der Waals surface area contributed by atoms with Crippen molar-refractivity contribution < 1.29 is 4.84 Å². The largest absolute Gasteiger partial charge is 0.259 e. The third kappa shape index (κ3) is 0.763. The number of nitrogens with zero attached hydrogens (tertiary/aromatic N) is 3. The summed E-state index contributed by atoms with van der Waals surface area (Å²) < 4.78 is 0. The highest BCUT2D eigenvalue weighted by Crippen LogP contribution is 2.11. The molecule has 0 fully saturated rings. The van der Waals surface area contributed by atoms with E-state index in [2.05, 4.69) is 15.3 Å². The fourth-order valence-corrected chi connectivity index (χ4v) is 0.732. The molecular weight excluding hydrogens is 132 g/mol. The molecule has 0 radical (unpaired) electrons. The molecule has 2 rings (SSSR count). The summed E-state index contributed by atoms with van der Waals surface area (Å²) in [6, 6.07) is 1.78. The summed E-state index contributed by atoms with van der Waals surface area (Å²) >= 11 is 0. The number of rotatable bonds is 1. The molecular formula is C5H6N4O. The van der Waals surface area contributed by atoms with Gasteiger partial charge in [0.15, 0.2) is 5.82 Å². The number of nitrogens with one attached hydrogen (secondary N) is 1. The third-order valence-corrected chi connectivity index (χ3v) is 1.15. The zero-order valence-electron chi connectivity index (χ0n) is 5.19. The lowest BCUT2D eigenvalue weighted by Crippen LogP contribution is -2.10. The first kappa shape index (κ1) is 5.43. The van der Waals surface area contributed by atoms with E-state index in [1.54, 1.807) is 18.5 Å². The fourth-order valence-electron chi connectivity index (χ4n) is 0.732. The Balaban J connectivity index is 2.20. The molecule has 5 nitrogen and oxygen atoms in total. The van der Waals surface area contributed by atoms with Gasteiger partial charge < -0.3 is 0 Å². The highest BCUT2D eigenvalue weighted by atomic mass is 16.7. The molecule has 0 unspecified atom stereocenters. The van der Waals surface area contributed by atoms with Gasteiger partial charge in [0.25, 0.3) is 0 Å². The first-order chi connectivity index (χ1) is 4.97. The minimum absolute atomic E-state index is 0.527. The summed E-state index contributed by atoms with van der Waals surface area (Å²) in [6.45, 7) is 0.527. The lowest BCUT2D eigenvalue weighted by atomic mass is 10.7. The molecule has 0 saturated carbocycles. The Hall–Kier alpha value is -1.36. The Morgan fingerprint density at radius 1 is 1.70 bits per heavy atom. The molecule has 0 spiro atoms. The maximum absolute atomic E-state index is 5.04. The van der Waals surface area contributed by atoms with Gasteiger partial charge in [-0.25, -0.2) is 4.84 Å². The lowest BCUT2D eigenvalue weighted by molar-refractivity contribution is 0.164. The molecule has 0 atom stereocenters. The predicted molar refractivity (Wildman–Crippen MR) is 35.5 cm³/mol. The molecule has 10 heavy (non-hydrogen) atoms. The second-order valence-electron chi connectivity index (χ2n) is 1.81. The quantitative estimate of drug-likeness (QED) is 0.600. The Labute approximate surface area is 57.2 Å². The number of anilines is 1. The van der Waals surface area contributed by atoms with Crippen LogP contribution in [0.4, 0.5) is 5.82 Å². The van der Waals surface area contributed by atoms with E-state index in [0.717, 1.165) is 5.82 Å². The summed E-state index contributed by atoms with van der Waals surface area (Å²) in [5, 5.41) is 11.8. The van der Waals surface area contributed by atoms with Crippen molar-refractivity contribution in [3.8, 4) is 0 Å². The number of H-pyrrole nitrogens is 1. The van der Waals surface area contributed by atoms with Crippen molar-refractivity contribution in [2.45, 2.75) is 0 Å². The summed E-state index contributed by atoms with van der Waals surface area (Å²) in [5.41, 5.74) is 0. The van der Waals surface area contributed by atoms with Gasteiger partial charge in [-0.1, -0.05) is 0 Å². The summed E-state index contributed by atoms with van der Waals surface area (Å²) in [7, 11) is 0. The second kappa shape index (κ2) is 2.11. The molecule has 1 aromatic rings. The highest BCUT2D eigenvalue weighted by Gasteiger charge is 2.09. The molecule has 52 valence electrons. The van der Waals surface area contributed by atoms with Gasteiger partial charge in [-0.15, -0.1) is 5.17 Å². The molecule has 5 heteroatoms. The van der Waals surface area contributed by atoms with Gasteiger partial charge in [-0.3, -0.25) is 5.10 Å². The molecule has 1 N–H and O–H groups in total. The van der Waals surface area contributed by atoms with Gasteiger partial charge in [-0.05, 0) is 0 Å². The van der Waals surface area contributed by atoms with E-state index in [1.165, 1.54) is 5.17 Å². The van der Waals surface area contributed by atoms with Gasteiger partial charge in [0.2, 0.25) is 0 Å². The molecule has 0 aliphatic carbocycles. The van der Waals surface area contributed by atoms with Gasteiger partial charge in [0, 0.05) is 6.07 Å². The highest BCUT2D eigenvalue weighted by molar-refractivity contribution is 5.62. The minimum atomic E-state index is 0.527. The van der Waals surface area contributed by atoms with Gasteiger partial charge >= 0.3 is 0 Å². The van der Waals surface area contributed by atoms with E-state index in [1.807, 2.05) is 0 Å². The van der Waals surface area contributed by atoms with Crippen LogP contribution in [0.3, 0.4) is 0 Å². The normalized spacial score (nSPS) is 16.6. The van der Waals surface area contributed by atoms with Crippen molar-refractivity contribution in [2.24, 2.45) is 5.10 Å². The van der Waals surface area contributed by atoms with Crippen LogP contribution in [0.25, 0.3) is 0 Å². The number of aromatic nitrogens is 2. The molecule has 1 aliphatic heterocycles. The summed E-state index contributed by atoms with van der Waals surface area (Å²) in [4.78, 5) is 5.04. The maximum atomic E-state index is 5.04. The van der Waals surface area contributed by atoms with Crippen LogP contribution in [0.1, 0.15) is 0 Å². The van der Waals surface area contributed by atoms with Crippen LogP contribution in [0.2, 0.25) is 0 Å². The first-order valence-corrected chi connectivity index (χ1v) is 2.92. The average Bonchev–Trinajstić information content (AvgIpc) is 2.59. The Morgan fingerprint density at radius 2 is 2.70 bits per heavy atom. The van der Waals surface area contributed by atoms with Crippen molar-refractivity contribution in [1.29, 1.82) is 0 Å². The van der Waals surface area contributed by atoms with Crippen molar-refractivity contribution in [2.75, 3.05) is 11.8 Å². The molecule has 0 saturated heterocycles. The average molecular weight is 138 g/mol. The number of hydrazone groups is 1. The smallest absolute Gasteiger partial charge is 0.174 e. The Bertz CT molecular complexity index is 230. The zero-order valence-corrected chi connectivity index (χ0v) is 5.19. The molecule has 0 aromatic carbocycles. The van der Waals surface area contributed by atoms with Crippen LogP contribution in [0, 0.1) is 0 Å². The molecule has 1 aromatic heterocycles. The van der Waals surface area contributed by atoms with Crippen LogP contribution in [0.5, 0.6) is 0 Å². The molecule has 0 bridgehead atoms. The van der Waals surface area contributed by atoms with E-state index in [4.69, 9.17) is 4.84 Å². The molecule has 2 heterocycles. The number of aromatic amines is 1. The Kier molecular flexibility index (Phi) is 1.14. The van der Waals surface area contributed by atoms with Crippen molar-refractivity contribution in [3.05, 3.63) is 12.3 Å². The van der Waals surface area contributed by atoms with Gasteiger partial charge in [0.05, 0.1) is 12.4 Å².